The standard InChI is InChI=1S/C19H25N5O.2ClH/c1-2-16-12-18(22-13-21-16)24-9-7-17(8-10-24)23-19(25)11-14-3-5-15(20)6-4-14;;/h3-6,12-13,17H,2,7-11,20H2,1H3,(H,23,25);2*1H. The predicted molar refractivity (Wildman–Crippen MR) is 114 cm³/mol. The summed E-state index contributed by atoms with van der Waals surface area (Å²) in [5.41, 5.74) is 8.43. The first-order chi connectivity index (χ1) is 12.1. The number of anilines is 2. The Bertz CT molecular complexity index is 718. The number of carbonyl (C=O) groups is 1. The molecule has 0 saturated carbocycles. The zero-order valence-electron chi connectivity index (χ0n) is 15.4. The summed E-state index contributed by atoms with van der Waals surface area (Å²) in [5, 5.41) is 3.15. The first kappa shape index (κ1) is 23.0. The minimum Gasteiger partial charge on any atom is -0.399 e. The summed E-state index contributed by atoms with van der Waals surface area (Å²) in [7, 11) is 0. The van der Waals surface area contributed by atoms with Gasteiger partial charge in [0.05, 0.1) is 6.42 Å². The van der Waals surface area contributed by atoms with Crippen LogP contribution in [0.1, 0.15) is 31.0 Å². The highest BCUT2D eigenvalue weighted by Gasteiger charge is 2.21. The van der Waals surface area contributed by atoms with Gasteiger partial charge in [0.15, 0.2) is 0 Å². The number of benzene rings is 1. The van der Waals surface area contributed by atoms with Crippen LogP contribution in [-0.4, -0.2) is 35.0 Å². The highest BCUT2D eigenvalue weighted by Crippen LogP contribution is 2.18. The number of aryl methyl sites for hydroxylation is 1. The lowest BCUT2D eigenvalue weighted by Gasteiger charge is -2.33. The molecule has 3 N–H and O–H groups in total. The van der Waals surface area contributed by atoms with Gasteiger partial charge in [-0.1, -0.05) is 19.1 Å². The zero-order chi connectivity index (χ0) is 17.6. The van der Waals surface area contributed by atoms with E-state index in [2.05, 4.69) is 33.2 Å². The largest absolute Gasteiger partial charge is 0.399 e. The maximum absolute atomic E-state index is 12.2. The molecule has 1 aliphatic rings. The molecule has 8 heteroatoms. The second kappa shape index (κ2) is 10.9. The Labute approximate surface area is 172 Å². The van der Waals surface area contributed by atoms with Crippen LogP contribution in [0.5, 0.6) is 0 Å². The molecule has 2 heterocycles. The first-order valence-corrected chi connectivity index (χ1v) is 8.83. The summed E-state index contributed by atoms with van der Waals surface area (Å²) in [6.45, 7) is 3.88. The van der Waals surface area contributed by atoms with Crippen molar-refractivity contribution in [2.24, 2.45) is 0 Å². The predicted octanol–water partition coefficient (Wildman–Crippen LogP) is 2.79. The first-order valence-electron chi connectivity index (χ1n) is 8.83. The Morgan fingerprint density at radius 3 is 2.48 bits per heavy atom. The fraction of sp³-hybridized carbons (Fsp3) is 0.421. The third kappa shape index (κ3) is 6.56. The van der Waals surface area contributed by atoms with E-state index in [1.54, 1.807) is 6.33 Å². The molecule has 27 heavy (non-hydrogen) atoms. The molecule has 0 spiro atoms. The van der Waals surface area contributed by atoms with E-state index >= 15 is 0 Å². The van der Waals surface area contributed by atoms with E-state index < -0.39 is 0 Å². The number of nitrogens with one attached hydrogen (secondary N) is 1. The molecule has 1 fully saturated rings. The minimum atomic E-state index is 0. The molecule has 148 valence electrons. The van der Waals surface area contributed by atoms with Crippen molar-refractivity contribution in [1.29, 1.82) is 0 Å². The van der Waals surface area contributed by atoms with Crippen LogP contribution in [0.4, 0.5) is 11.5 Å². The molecule has 0 unspecified atom stereocenters. The second-order valence-electron chi connectivity index (χ2n) is 6.47. The van der Waals surface area contributed by atoms with Gasteiger partial charge in [0.2, 0.25) is 5.91 Å². The fourth-order valence-electron chi connectivity index (χ4n) is 3.10. The number of nitrogens with zero attached hydrogens (tertiary/aromatic N) is 3. The number of hydrogen-bond acceptors (Lipinski definition) is 5. The highest BCUT2D eigenvalue weighted by molar-refractivity contribution is 5.85. The van der Waals surface area contributed by atoms with Crippen LogP contribution >= 0.6 is 24.8 Å². The van der Waals surface area contributed by atoms with Gasteiger partial charge in [-0.15, -0.1) is 24.8 Å². The van der Waals surface area contributed by atoms with E-state index in [0.29, 0.717) is 12.1 Å². The van der Waals surface area contributed by atoms with Crippen LogP contribution in [0.25, 0.3) is 0 Å². The number of amides is 1. The molecule has 1 aromatic heterocycles. The lowest BCUT2D eigenvalue weighted by atomic mass is 10.0. The number of rotatable bonds is 5. The van der Waals surface area contributed by atoms with Crippen molar-refractivity contribution in [3.05, 3.63) is 47.9 Å². The number of piperidine rings is 1. The van der Waals surface area contributed by atoms with Gasteiger partial charge < -0.3 is 16.0 Å². The van der Waals surface area contributed by atoms with Crippen molar-refractivity contribution in [3.8, 4) is 0 Å². The Balaban J connectivity index is 0.00000182. The van der Waals surface area contributed by atoms with E-state index in [1.165, 1.54) is 0 Å². The van der Waals surface area contributed by atoms with Gasteiger partial charge in [0, 0.05) is 36.6 Å². The molecule has 1 aliphatic heterocycles. The van der Waals surface area contributed by atoms with Crippen molar-refractivity contribution in [1.82, 2.24) is 15.3 Å². The topological polar surface area (TPSA) is 84.1 Å². The van der Waals surface area contributed by atoms with Crippen molar-refractivity contribution in [2.75, 3.05) is 23.7 Å². The summed E-state index contributed by atoms with van der Waals surface area (Å²) in [6.07, 6.45) is 4.80. The summed E-state index contributed by atoms with van der Waals surface area (Å²) in [6, 6.07) is 9.74. The van der Waals surface area contributed by atoms with E-state index in [0.717, 1.165) is 49.4 Å². The molecule has 6 nitrogen and oxygen atoms in total. The maximum atomic E-state index is 12.2. The van der Waals surface area contributed by atoms with Crippen molar-refractivity contribution in [3.63, 3.8) is 0 Å². The van der Waals surface area contributed by atoms with Crippen molar-refractivity contribution in [2.45, 2.75) is 38.6 Å². The number of halogens is 2. The van der Waals surface area contributed by atoms with E-state index in [1.807, 2.05) is 24.3 Å². The lowest BCUT2D eigenvalue weighted by molar-refractivity contribution is -0.121. The average molecular weight is 412 g/mol. The Morgan fingerprint density at radius 1 is 1.19 bits per heavy atom. The highest BCUT2D eigenvalue weighted by atomic mass is 35.5. The van der Waals surface area contributed by atoms with Crippen molar-refractivity contribution >= 4 is 42.2 Å². The molecule has 0 aliphatic carbocycles. The Kier molecular flexibility index (Phi) is 9.32. The van der Waals surface area contributed by atoms with E-state index in [9.17, 15) is 4.79 Å². The molecule has 0 atom stereocenters. The van der Waals surface area contributed by atoms with Crippen LogP contribution in [0.2, 0.25) is 0 Å². The summed E-state index contributed by atoms with van der Waals surface area (Å²) in [4.78, 5) is 23.1. The Hall–Kier alpha value is -2.05. The summed E-state index contributed by atoms with van der Waals surface area (Å²) >= 11 is 0. The van der Waals surface area contributed by atoms with Crippen LogP contribution < -0.4 is 16.0 Å². The molecule has 2 aromatic rings. The number of hydrogen-bond donors (Lipinski definition) is 2. The van der Waals surface area contributed by atoms with Crippen molar-refractivity contribution < 1.29 is 4.79 Å². The molecule has 0 bridgehead atoms. The molecular formula is C19H27Cl2N5O. The van der Waals surface area contributed by atoms with Gasteiger partial charge in [-0.2, -0.15) is 0 Å². The molecule has 3 rings (SSSR count). The van der Waals surface area contributed by atoms with Gasteiger partial charge in [-0.25, -0.2) is 9.97 Å². The zero-order valence-corrected chi connectivity index (χ0v) is 17.1. The van der Waals surface area contributed by atoms with Crippen LogP contribution in [0.3, 0.4) is 0 Å². The SMILES string of the molecule is CCc1cc(N2CCC(NC(=O)Cc3ccc(N)cc3)CC2)ncn1.Cl.Cl. The molecule has 1 aromatic carbocycles. The second-order valence-corrected chi connectivity index (χ2v) is 6.47. The van der Waals surface area contributed by atoms with Gasteiger partial charge in [0.25, 0.3) is 0 Å². The van der Waals surface area contributed by atoms with Crippen LogP contribution in [0.15, 0.2) is 36.7 Å². The quantitative estimate of drug-likeness (QED) is 0.738. The fourth-order valence-corrected chi connectivity index (χ4v) is 3.10. The average Bonchev–Trinajstić information content (AvgIpc) is 2.64. The van der Waals surface area contributed by atoms with Crippen LogP contribution in [-0.2, 0) is 17.6 Å². The van der Waals surface area contributed by atoms with Gasteiger partial charge in [0.1, 0.15) is 12.1 Å². The number of nitrogen functional groups attached to an aromatic ring is 1. The molecule has 1 amide bonds. The number of carbonyl (C=O) groups excluding carboxylic acids is 1. The minimum absolute atomic E-state index is 0. The van der Waals surface area contributed by atoms with Gasteiger partial charge in [-0.3, -0.25) is 4.79 Å². The van der Waals surface area contributed by atoms with Gasteiger partial charge >= 0.3 is 0 Å². The van der Waals surface area contributed by atoms with Crippen LogP contribution in [0, 0.1) is 0 Å². The number of aromatic nitrogens is 2. The summed E-state index contributed by atoms with van der Waals surface area (Å²) in [5.74, 6) is 1.05. The number of nitrogens with two attached hydrogens (primary N) is 1. The molecule has 0 radical (unpaired) electrons. The molecule has 1 saturated heterocycles. The normalized spacial score (nSPS) is 14.0. The summed E-state index contributed by atoms with van der Waals surface area (Å²) < 4.78 is 0. The smallest absolute Gasteiger partial charge is 0.224 e. The lowest BCUT2D eigenvalue weighted by Crippen LogP contribution is -2.45. The maximum Gasteiger partial charge on any atom is 0.224 e. The third-order valence-electron chi connectivity index (χ3n) is 4.60. The van der Waals surface area contributed by atoms with Gasteiger partial charge in [-0.05, 0) is 37.0 Å². The Morgan fingerprint density at radius 2 is 1.85 bits per heavy atom. The third-order valence-corrected chi connectivity index (χ3v) is 4.60. The monoisotopic (exact) mass is 411 g/mol. The van der Waals surface area contributed by atoms with E-state index in [4.69, 9.17) is 5.73 Å². The molecular weight excluding hydrogens is 385 g/mol. The van der Waals surface area contributed by atoms with E-state index in [-0.39, 0.29) is 36.8 Å².